The second-order valence-corrected chi connectivity index (χ2v) is 4.43. The minimum absolute atomic E-state index is 0.0777. The number of hydrogen-bond acceptors (Lipinski definition) is 4. The van der Waals surface area contributed by atoms with E-state index in [1.54, 1.807) is 18.2 Å². The highest BCUT2D eigenvalue weighted by molar-refractivity contribution is 6.30. The van der Waals surface area contributed by atoms with Crippen LogP contribution < -0.4 is 5.56 Å². The van der Waals surface area contributed by atoms with E-state index in [9.17, 15) is 9.90 Å². The second-order valence-electron chi connectivity index (χ2n) is 3.99. The van der Waals surface area contributed by atoms with Gasteiger partial charge in [0.05, 0.1) is 18.2 Å². The maximum Gasteiger partial charge on any atom is 0.275 e. The molecule has 0 amide bonds. The number of hydrogen-bond donors (Lipinski definition) is 1. The molecule has 1 heterocycles. The van der Waals surface area contributed by atoms with Crippen molar-refractivity contribution in [1.29, 1.82) is 5.26 Å². The maximum absolute atomic E-state index is 11.9. The van der Waals surface area contributed by atoms with E-state index in [-0.39, 0.29) is 17.9 Å². The predicted octanol–water partition coefficient (Wildman–Crippen LogP) is 1.97. The highest BCUT2D eigenvalue weighted by Crippen LogP contribution is 2.19. The van der Waals surface area contributed by atoms with Gasteiger partial charge in [-0.1, -0.05) is 17.7 Å². The van der Waals surface area contributed by atoms with Crippen LogP contribution in [-0.2, 0) is 6.42 Å². The van der Waals surface area contributed by atoms with E-state index in [0.29, 0.717) is 10.7 Å². The molecule has 0 unspecified atom stereocenters. The van der Waals surface area contributed by atoms with Crippen LogP contribution in [0.3, 0.4) is 0 Å². The molecule has 0 radical (unpaired) electrons. The monoisotopic (exact) mass is 275 g/mol. The van der Waals surface area contributed by atoms with Gasteiger partial charge in [-0.15, -0.1) is 0 Å². The quantitative estimate of drug-likeness (QED) is 0.909. The van der Waals surface area contributed by atoms with Crippen molar-refractivity contribution in [2.45, 2.75) is 13.3 Å². The van der Waals surface area contributed by atoms with E-state index < -0.39 is 5.56 Å². The van der Waals surface area contributed by atoms with Gasteiger partial charge in [-0.2, -0.15) is 15.0 Å². The van der Waals surface area contributed by atoms with Gasteiger partial charge in [0.25, 0.3) is 5.56 Å². The highest BCUT2D eigenvalue weighted by atomic mass is 35.5. The van der Waals surface area contributed by atoms with Gasteiger partial charge in [0.2, 0.25) is 0 Å². The highest BCUT2D eigenvalue weighted by Gasteiger charge is 2.11. The lowest BCUT2D eigenvalue weighted by Crippen LogP contribution is -2.22. The molecule has 19 heavy (non-hydrogen) atoms. The molecule has 0 fully saturated rings. The number of aromatic nitrogens is 2. The summed E-state index contributed by atoms with van der Waals surface area (Å²) >= 11 is 5.91. The molecule has 0 saturated heterocycles. The van der Waals surface area contributed by atoms with Gasteiger partial charge in [-0.05, 0) is 24.6 Å². The van der Waals surface area contributed by atoms with Crippen molar-refractivity contribution in [2.24, 2.45) is 0 Å². The third-order valence-corrected chi connectivity index (χ3v) is 2.87. The van der Waals surface area contributed by atoms with Crippen molar-refractivity contribution < 1.29 is 5.11 Å². The Balaban J connectivity index is 2.69. The van der Waals surface area contributed by atoms with Gasteiger partial charge in [-0.25, -0.2) is 0 Å². The summed E-state index contributed by atoms with van der Waals surface area (Å²) in [4.78, 5) is 11.9. The Labute approximate surface area is 114 Å². The molecule has 0 aliphatic carbocycles. The molecule has 96 valence electrons. The van der Waals surface area contributed by atoms with Crippen LogP contribution in [0.5, 0.6) is 5.75 Å². The third kappa shape index (κ3) is 2.59. The number of aromatic hydroxyl groups is 1. The lowest BCUT2D eigenvalue weighted by Gasteiger charge is -2.10. The fourth-order valence-corrected chi connectivity index (χ4v) is 1.83. The summed E-state index contributed by atoms with van der Waals surface area (Å²) in [6.07, 6.45) is -0.0777. The number of nitriles is 1. The average molecular weight is 276 g/mol. The summed E-state index contributed by atoms with van der Waals surface area (Å²) in [7, 11) is 0. The van der Waals surface area contributed by atoms with Gasteiger partial charge in [-0.3, -0.25) is 4.79 Å². The first-order valence-electron chi connectivity index (χ1n) is 5.48. The molecule has 0 aliphatic heterocycles. The van der Waals surface area contributed by atoms with E-state index in [2.05, 4.69) is 5.10 Å². The molecule has 1 N–H and O–H groups in total. The SMILES string of the molecule is Cc1ccc(Cl)cc1-n1nc(CC#N)c(O)cc1=O. The molecule has 2 rings (SSSR count). The van der Waals surface area contributed by atoms with Crippen LogP contribution in [0.1, 0.15) is 11.3 Å². The van der Waals surface area contributed by atoms with Gasteiger partial charge < -0.3 is 5.11 Å². The zero-order valence-corrected chi connectivity index (χ0v) is 10.8. The topological polar surface area (TPSA) is 78.9 Å². The van der Waals surface area contributed by atoms with Crippen LogP contribution >= 0.6 is 11.6 Å². The van der Waals surface area contributed by atoms with Crippen molar-refractivity contribution in [3.63, 3.8) is 0 Å². The minimum atomic E-state index is -0.482. The first kappa shape index (κ1) is 13.1. The minimum Gasteiger partial charge on any atom is -0.506 e. The molecular formula is C13H10ClN3O2. The van der Waals surface area contributed by atoms with E-state index in [0.717, 1.165) is 16.3 Å². The summed E-state index contributed by atoms with van der Waals surface area (Å²) in [5, 5.41) is 22.7. The lowest BCUT2D eigenvalue weighted by molar-refractivity contribution is 0.459. The molecule has 2 aromatic rings. The zero-order chi connectivity index (χ0) is 14.0. The first-order valence-corrected chi connectivity index (χ1v) is 5.86. The maximum atomic E-state index is 11.9. The predicted molar refractivity (Wildman–Crippen MR) is 70.6 cm³/mol. The summed E-state index contributed by atoms with van der Waals surface area (Å²) in [5.41, 5.74) is 1.01. The van der Waals surface area contributed by atoms with Crippen molar-refractivity contribution in [2.75, 3.05) is 0 Å². The van der Waals surface area contributed by atoms with Gasteiger partial charge in [0.1, 0.15) is 11.4 Å². The molecule has 0 spiro atoms. The number of aryl methyl sites for hydroxylation is 1. The van der Waals surface area contributed by atoms with Gasteiger partial charge in [0.15, 0.2) is 0 Å². The van der Waals surface area contributed by atoms with Crippen molar-refractivity contribution in [1.82, 2.24) is 9.78 Å². The summed E-state index contributed by atoms with van der Waals surface area (Å²) in [5.74, 6) is -0.275. The van der Waals surface area contributed by atoms with E-state index in [1.807, 2.05) is 13.0 Å². The van der Waals surface area contributed by atoms with Crippen LogP contribution in [0.2, 0.25) is 5.02 Å². The number of benzene rings is 1. The Kier molecular flexibility index (Phi) is 3.54. The standard InChI is InChI=1S/C13H10ClN3O2/c1-8-2-3-9(14)6-11(8)17-13(19)7-12(18)10(16-17)4-5-15/h2-3,6-7,18H,4H2,1H3. The van der Waals surface area contributed by atoms with Crippen LogP contribution in [-0.4, -0.2) is 14.9 Å². The van der Waals surface area contributed by atoms with Crippen LogP contribution in [0.25, 0.3) is 5.69 Å². The number of rotatable bonds is 2. The Morgan fingerprint density at radius 1 is 1.47 bits per heavy atom. The largest absolute Gasteiger partial charge is 0.506 e. The van der Waals surface area contributed by atoms with E-state index in [1.165, 1.54) is 0 Å². The van der Waals surface area contributed by atoms with Crippen molar-refractivity contribution in [3.8, 4) is 17.5 Å². The molecule has 1 aromatic heterocycles. The molecule has 1 aromatic carbocycles. The molecule has 0 aliphatic rings. The molecule has 5 nitrogen and oxygen atoms in total. The third-order valence-electron chi connectivity index (χ3n) is 2.63. The van der Waals surface area contributed by atoms with Crippen molar-refractivity contribution >= 4 is 11.6 Å². The summed E-state index contributed by atoms with van der Waals surface area (Å²) in [6, 6.07) is 8.01. The lowest BCUT2D eigenvalue weighted by atomic mass is 10.2. The van der Waals surface area contributed by atoms with Crippen molar-refractivity contribution in [3.05, 3.63) is 50.9 Å². The van der Waals surface area contributed by atoms with Gasteiger partial charge in [0, 0.05) is 11.1 Å². The molecule has 0 saturated carbocycles. The number of halogens is 1. The molecule has 0 bridgehead atoms. The smallest absolute Gasteiger partial charge is 0.275 e. The molecule has 0 atom stereocenters. The summed E-state index contributed by atoms with van der Waals surface area (Å²) < 4.78 is 1.13. The van der Waals surface area contributed by atoms with Gasteiger partial charge >= 0.3 is 0 Å². The normalized spacial score (nSPS) is 10.2. The van der Waals surface area contributed by atoms with Crippen LogP contribution in [0, 0.1) is 18.3 Å². The fourth-order valence-electron chi connectivity index (χ4n) is 1.67. The first-order chi connectivity index (χ1) is 9.02. The van der Waals surface area contributed by atoms with Crippen LogP contribution in [0.15, 0.2) is 29.1 Å². The second kappa shape index (κ2) is 5.12. The van der Waals surface area contributed by atoms with E-state index >= 15 is 0 Å². The Morgan fingerprint density at radius 3 is 2.89 bits per heavy atom. The average Bonchev–Trinajstić information content (AvgIpc) is 2.36. The fraction of sp³-hybridized carbons (Fsp3) is 0.154. The Hall–Kier alpha value is -2.32. The molecular weight excluding hydrogens is 266 g/mol. The summed E-state index contributed by atoms with van der Waals surface area (Å²) in [6.45, 7) is 1.82. The Bertz CT molecular complexity index is 732. The molecule has 6 heteroatoms. The Morgan fingerprint density at radius 2 is 2.21 bits per heavy atom. The zero-order valence-electron chi connectivity index (χ0n) is 10.1. The van der Waals surface area contributed by atoms with Crippen LogP contribution in [0.4, 0.5) is 0 Å². The number of nitrogens with zero attached hydrogens (tertiary/aromatic N) is 3. The van der Waals surface area contributed by atoms with E-state index in [4.69, 9.17) is 16.9 Å².